The average molecular weight is 326 g/mol. The number of amides is 1. The maximum absolute atomic E-state index is 12.2. The predicted molar refractivity (Wildman–Crippen MR) is 92.6 cm³/mol. The van der Waals surface area contributed by atoms with Crippen LogP contribution < -0.4 is 5.32 Å². The van der Waals surface area contributed by atoms with Crippen LogP contribution in [0.3, 0.4) is 0 Å². The summed E-state index contributed by atoms with van der Waals surface area (Å²) < 4.78 is 5.79. The molecule has 2 aliphatic heterocycles. The van der Waals surface area contributed by atoms with Crippen LogP contribution in [-0.4, -0.2) is 98.8 Å². The van der Waals surface area contributed by atoms with Crippen LogP contribution in [0.25, 0.3) is 0 Å². The molecule has 0 aliphatic carbocycles. The Balaban J connectivity index is 1.67. The fourth-order valence-corrected chi connectivity index (χ4v) is 3.47. The van der Waals surface area contributed by atoms with E-state index in [-0.39, 0.29) is 12.0 Å². The van der Waals surface area contributed by atoms with Crippen molar-refractivity contribution in [3.63, 3.8) is 0 Å². The zero-order chi connectivity index (χ0) is 16.8. The summed E-state index contributed by atoms with van der Waals surface area (Å²) in [7, 11) is 2.14. The minimum atomic E-state index is 0.117. The summed E-state index contributed by atoms with van der Waals surface area (Å²) in [5, 5.41) is 3.06. The largest absolute Gasteiger partial charge is 0.374 e. The van der Waals surface area contributed by atoms with Gasteiger partial charge in [-0.05, 0) is 19.9 Å². The molecule has 0 aromatic rings. The van der Waals surface area contributed by atoms with Gasteiger partial charge >= 0.3 is 0 Å². The molecule has 23 heavy (non-hydrogen) atoms. The van der Waals surface area contributed by atoms with Crippen LogP contribution in [-0.2, 0) is 9.53 Å². The first-order valence-electron chi connectivity index (χ1n) is 8.97. The van der Waals surface area contributed by atoms with E-state index in [1.54, 1.807) is 0 Å². The Hall–Kier alpha value is -0.690. The third-order valence-corrected chi connectivity index (χ3v) is 4.69. The van der Waals surface area contributed by atoms with Gasteiger partial charge in [-0.25, -0.2) is 0 Å². The fraction of sp³-hybridized carbons (Fsp3) is 0.941. The summed E-state index contributed by atoms with van der Waals surface area (Å²) in [5.74, 6) is 0.785. The number of morpholine rings is 1. The first-order chi connectivity index (χ1) is 10.9. The lowest BCUT2D eigenvalue weighted by Gasteiger charge is -2.38. The molecule has 2 heterocycles. The minimum absolute atomic E-state index is 0.117. The molecule has 0 bridgehead atoms. The molecule has 0 aromatic carbocycles. The van der Waals surface area contributed by atoms with Gasteiger partial charge in [0.15, 0.2) is 0 Å². The van der Waals surface area contributed by atoms with Gasteiger partial charge in [-0.2, -0.15) is 0 Å². The third-order valence-electron chi connectivity index (χ3n) is 4.69. The quantitative estimate of drug-likeness (QED) is 0.750. The summed E-state index contributed by atoms with van der Waals surface area (Å²) in [5.41, 5.74) is 0. The molecule has 2 atom stereocenters. The van der Waals surface area contributed by atoms with Gasteiger partial charge in [-0.3, -0.25) is 14.6 Å². The van der Waals surface area contributed by atoms with Crippen LogP contribution in [0.5, 0.6) is 0 Å². The Morgan fingerprint density at radius 3 is 2.74 bits per heavy atom. The molecule has 1 amide bonds. The standard InChI is InChI=1S/C17H34N4O2/c1-14(2)10-20-7-8-23-16(12-20)9-18-17(22)13-21-6-5-19(4)11-15(21)3/h14-16H,5-13H2,1-4H3,(H,18,22)/t15-,16-/m1/s1. The summed E-state index contributed by atoms with van der Waals surface area (Å²) in [4.78, 5) is 19.2. The smallest absolute Gasteiger partial charge is 0.234 e. The Labute approximate surface area is 141 Å². The zero-order valence-corrected chi connectivity index (χ0v) is 15.3. The molecule has 6 heteroatoms. The Morgan fingerprint density at radius 1 is 1.26 bits per heavy atom. The van der Waals surface area contributed by atoms with E-state index in [0.29, 0.717) is 25.0 Å². The zero-order valence-electron chi connectivity index (χ0n) is 15.3. The highest BCUT2D eigenvalue weighted by atomic mass is 16.5. The molecule has 0 unspecified atom stereocenters. The van der Waals surface area contributed by atoms with Crippen molar-refractivity contribution in [2.75, 3.05) is 66.0 Å². The molecule has 134 valence electrons. The molecule has 0 spiro atoms. The monoisotopic (exact) mass is 326 g/mol. The predicted octanol–water partition coefficient (Wildman–Crippen LogP) is 0.0953. The van der Waals surface area contributed by atoms with E-state index in [0.717, 1.165) is 45.9 Å². The van der Waals surface area contributed by atoms with Gasteiger partial charge in [0.1, 0.15) is 0 Å². The summed E-state index contributed by atoms with van der Waals surface area (Å²) in [6.07, 6.45) is 0.122. The van der Waals surface area contributed by atoms with Crippen molar-refractivity contribution in [3.05, 3.63) is 0 Å². The molecule has 2 rings (SSSR count). The van der Waals surface area contributed by atoms with Crippen molar-refractivity contribution < 1.29 is 9.53 Å². The minimum Gasteiger partial charge on any atom is -0.374 e. The number of rotatable bonds is 6. The lowest BCUT2D eigenvalue weighted by atomic mass is 10.2. The Morgan fingerprint density at radius 2 is 2.04 bits per heavy atom. The van der Waals surface area contributed by atoms with E-state index < -0.39 is 0 Å². The van der Waals surface area contributed by atoms with Crippen LogP contribution in [0.4, 0.5) is 0 Å². The Kier molecular flexibility index (Phi) is 7.27. The summed E-state index contributed by atoms with van der Waals surface area (Å²) in [6.45, 7) is 14.6. The van der Waals surface area contributed by atoms with E-state index in [2.05, 4.69) is 47.8 Å². The number of carbonyl (C=O) groups excluding carboxylic acids is 1. The highest BCUT2D eigenvalue weighted by Gasteiger charge is 2.25. The van der Waals surface area contributed by atoms with Gasteiger partial charge in [0, 0.05) is 51.9 Å². The van der Waals surface area contributed by atoms with E-state index in [4.69, 9.17) is 4.74 Å². The second kappa shape index (κ2) is 8.97. The van der Waals surface area contributed by atoms with Crippen molar-refractivity contribution in [2.45, 2.75) is 32.9 Å². The van der Waals surface area contributed by atoms with Crippen molar-refractivity contribution in [1.29, 1.82) is 0 Å². The van der Waals surface area contributed by atoms with Crippen LogP contribution >= 0.6 is 0 Å². The van der Waals surface area contributed by atoms with Crippen molar-refractivity contribution >= 4 is 5.91 Å². The van der Waals surface area contributed by atoms with Gasteiger partial charge in [-0.1, -0.05) is 13.8 Å². The molecule has 0 saturated carbocycles. The molecular formula is C17H34N4O2. The average Bonchev–Trinajstić information content (AvgIpc) is 2.48. The normalized spacial score (nSPS) is 28.2. The van der Waals surface area contributed by atoms with E-state index in [9.17, 15) is 4.79 Å². The van der Waals surface area contributed by atoms with Gasteiger partial charge in [0.2, 0.25) is 5.91 Å². The van der Waals surface area contributed by atoms with Crippen LogP contribution in [0, 0.1) is 5.92 Å². The molecular weight excluding hydrogens is 292 g/mol. The molecule has 0 radical (unpaired) electrons. The Bertz CT molecular complexity index is 378. The third kappa shape index (κ3) is 6.37. The second-order valence-electron chi connectivity index (χ2n) is 7.53. The maximum atomic E-state index is 12.2. The van der Waals surface area contributed by atoms with E-state index in [1.807, 2.05) is 0 Å². The van der Waals surface area contributed by atoms with Crippen LogP contribution in [0.2, 0.25) is 0 Å². The lowest BCUT2D eigenvalue weighted by molar-refractivity contribution is -0.124. The number of nitrogens with zero attached hydrogens (tertiary/aromatic N) is 3. The number of hydrogen-bond acceptors (Lipinski definition) is 5. The first kappa shape index (κ1) is 18.6. The van der Waals surface area contributed by atoms with Crippen LogP contribution in [0.1, 0.15) is 20.8 Å². The highest BCUT2D eigenvalue weighted by Crippen LogP contribution is 2.08. The maximum Gasteiger partial charge on any atom is 0.234 e. The molecule has 1 N–H and O–H groups in total. The number of likely N-dealkylation sites (N-methyl/N-ethyl adjacent to an activating group) is 1. The number of nitrogens with one attached hydrogen (secondary N) is 1. The SMILES string of the molecule is CC(C)CN1CCO[C@H](CNC(=O)CN2CCN(C)C[C@H]2C)C1. The topological polar surface area (TPSA) is 48.1 Å². The fourth-order valence-electron chi connectivity index (χ4n) is 3.47. The molecule has 2 saturated heterocycles. The number of hydrogen-bond donors (Lipinski definition) is 1. The molecule has 2 aliphatic rings. The van der Waals surface area contributed by atoms with Crippen molar-refractivity contribution in [2.24, 2.45) is 5.92 Å². The molecule has 2 fully saturated rings. The summed E-state index contributed by atoms with van der Waals surface area (Å²) >= 11 is 0. The van der Waals surface area contributed by atoms with Gasteiger partial charge < -0.3 is 15.0 Å². The number of ether oxygens (including phenoxy) is 1. The first-order valence-corrected chi connectivity index (χ1v) is 8.97. The van der Waals surface area contributed by atoms with Crippen molar-refractivity contribution in [1.82, 2.24) is 20.0 Å². The molecule has 6 nitrogen and oxygen atoms in total. The highest BCUT2D eigenvalue weighted by molar-refractivity contribution is 5.78. The van der Waals surface area contributed by atoms with E-state index >= 15 is 0 Å². The number of carbonyl (C=O) groups is 1. The van der Waals surface area contributed by atoms with Crippen molar-refractivity contribution in [3.8, 4) is 0 Å². The second-order valence-corrected chi connectivity index (χ2v) is 7.53. The van der Waals surface area contributed by atoms with Gasteiger partial charge in [0.25, 0.3) is 0 Å². The van der Waals surface area contributed by atoms with E-state index in [1.165, 1.54) is 0 Å². The lowest BCUT2D eigenvalue weighted by Crippen LogP contribution is -2.54. The van der Waals surface area contributed by atoms with Crippen LogP contribution in [0.15, 0.2) is 0 Å². The van der Waals surface area contributed by atoms with Gasteiger partial charge in [-0.15, -0.1) is 0 Å². The summed E-state index contributed by atoms with van der Waals surface area (Å²) in [6, 6.07) is 0.437. The molecule has 0 aromatic heterocycles. The van der Waals surface area contributed by atoms with Gasteiger partial charge in [0.05, 0.1) is 19.3 Å². The number of piperazine rings is 1.